The Morgan fingerprint density at radius 3 is 2.83 bits per heavy atom. The maximum atomic E-state index is 11.1. The van der Waals surface area contributed by atoms with E-state index in [0.29, 0.717) is 12.3 Å². The first-order chi connectivity index (χ1) is 5.65. The summed E-state index contributed by atoms with van der Waals surface area (Å²) in [5.41, 5.74) is 1.12. The summed E-state index contributed by atoms with van der Waals surface area (Å²) < 4.78 is 4.75. The minimum absolute atomic E-state index is 0.232. The lowest BCUT2D eigenvalue weighted by molar-refractivity contribution is 0.0519. The number of hydrogen-bond donors (Lipinski definition) is 1. The van der Waals surface area contributed by atoms with Crippen LogP contribution in [0.3, 0.4) is 0 Å². The van der Waals surface area contributed by atoms with E-state index in [0.717, 1.165) is 0 Å². The Balaban J connectivity index is 2.87. The molecule has 0 saturated carbocycles. The van der Waals surface area contributed by atoms with Gasteiger partial charge in [-0.2, -0.15) is 0 Å². The average Bonchev–Trinajstić information content (AvgIpc) is 2.30. The van der Waals surface area contributed by atoms with Crippen molar-refractivity contribution >= 4 is 19.5 Å². The van der Waals surface area contributed by atoms with Crippen molar-refractivity contribution < 1.29 is 9.53 Å². The van der Waals surface area contributed by atoms with Crippen molar-refractivity contribution in [2.45, 2.75) is 13.8 Å². The molecule has 1 rings (SSSR count). The van der Waals surface area contributed by atoms with E-state index in [1.165, 1.54) is 0 Å². The van der Waals surface area contributed by atoms with Crippen LogP contribution in [0.25, 0.3) is 0 Å². The van der Waals surface area contributed by atoms with Gasteiger partial charge in [0.25, 0.3) is 0 Å². The third kappa shape index (κ3) is 1.67. The predicted octanol–water partition coefficient (Wildman–Crippen LogP) is -0.311. The fourth-order valence-corrected chi connectivity index (χ4v) is 0.882. The standard InChI is InChI=1S/C7H9BN2O2/c1-3-12-6(11)5-4(2)9-7(8)10-5/h3H2,1-2H3,(H,9,10). The molecule has 1 aromatic rings. The minimum Gasteiger partial charge on any atom is -0.461 e. The van der Waals surface area contributed by atoms with Crippen LogP contribution in [0.2, 0.25) is 0 Å². The van der Waals surface area contributed by atoms with Gasteiger partial charge in [-0.3, -0.25) is 0 Å². The first kappa shape index (κ1) is 8.84. The first-order valence-corrected chi connectivity index (χ1v) is 3.64. The Kier molecular flexibility index (Phi) is 2.52. The number of nitrogens with zero attached hydrogens (tertiary/aromatic N) is 1. The Hall–Kier alpha value is -1.26. The van der Waals surface area contributed by atoms with Gasteiger partial charge in [-0.25, -0.2) is 9.78 Å². The van der Waals surface area contributed by atoms with Crippen LogP contribution in [-0.4, -0.2) is 30.4 Å². The summed E-state index contributed by atoms with van der Waals surface area (Å²) >= 11 is 0. The summed E-state index contributed by atoms with van der Waals surface area (Å²) in [6.07, 6.45) is 0. The van der Waals surface area contributed by atoms with Gasteiger partial charge in [0, 0.05) is 11.4 Å². The van der Waals surface area contributed by atoms with Gasteiger partial charge in [0.15, 0.2) is 13.5 Å². The van der Waals surface area contributed by atoms with E-state index in [4.69, 9.17) is 12.6 Å². The van der Waals surface area contributed by atoms with Gasteiger partial charge in [0.1, 0.15) is 0 Å². The minimum atomic E-state index is -0.442. The average molecular weight is 164 g/mol. The first-order valence-electron chi connectivity index (χ1n) is 3.64. The summed E-state index contributed by atoms with van der Waals surface area (Å²) in [4.78, 5) is 17.6. The summed E-state index contributed by atoms with van der Waals surface area (Å²) in [7, 11) is 5.34. The van der Waals surface area contributed by atoms with Crippen LogP contribution in [0.1, 0.15) is 23.1 Å². The molecule has 4 nitrogen and oxygen atoms in total. The quantitative estimate of drug-likeness (QED) is 0.481. The van der Waals surface area contributed by atoms with E-state index in [1.54, 1.807) is 13.8 Å². The highest BCUT2D eigenvalue weighted by atomic mass is 16.5. The zero-order valence-corrected chi connectivity index (χ0v) is 7.05. The van der Waals surface area contributed by atoms with Crippen molar-refractivity contribution in [3.63, 3.8) is 0 Å². The second kappa shape index (κ2) is 3.43. The van der Waals surface area contributed by atoms with E-state index in [2.05, 4.69) is 9.97 Å². The normalized spacial score (nSPS) is 9.83. The third-order valence-corrected chi connectivity index (χ3v) is 1.37. The number of aromatic nitrogens is 2. The third-order valence-electron chi connectivity index (χ3n) is 1.37. The number of carbonyl (C=O) groups is 1. The smallest absolute Gasteiger partial charge is 0.358 e. The molecule has 0 unspecified atom stereocenters. The Morgan fingerprint density at radius 1 is 1.75 bits per heavy atom. The number of hydrogen-bond acceptors (Lipinski definition) is 3. The molecule has 0 amide bonds. The van der Waals surface area contributed by atoms with Crippen molar-refractivity contribution in [2.75, 3.05) is 6.61 Å². The zero-order valence-electron chi connectivity index (χ0n) is 7.05. The number of rotatable bonds is 2. The zero-order chi connectivity index (χ0) is 9.14. The SMILES string of the molecule is [B]c1nc(C(=O)OCC)c(C)[nH]1. The molecule has 0 spiro atoms. The molecular formula is C7H9BN2O2. The molecule has 0 saturated heterocycles. The number of aromatic amines is 1. The number of carbonyl (C=O) groups excluding carboxylic acids is 1. The molecule has 2 radical (unpaired) electrons. The van der Waals surface area contributed by atoms with E-state index in [1.807, 2.05) is 0 Å². The van der Waals surface area contributed by atoms with Gasteiger partial charge in [0.05, 0.1) is 6.61 Å². The van der Waals surface area contributed by atoms with Crippen molar-refractivity contribution in [1.82, 2.24) is 9.97 Å². The maximum Gasteiger partial charge on any atom is 0.358 e. The molecule has 1 heterocycles. The van der Waals surface area contributed by atoms with Crippen LogP contribution in [0.5, 0.6) is 0 Å². The van der Waals surface area contributed by atoms with Crippen molar-refractivity contribution in [2.24, 2.45) is 0 Å². The highest BCUT2D eigenvalue weighted by Crippen LogP contribution is 2.00. The van der Waals surface area contributed by atoms with Gasteiger partial charge in [-0.15, -0.1) is 0 Å². The number of H-pyrrole nitrogens is 1. The largest absolute Gasteiger partial charge is 0.461 e. The monoisotopic (exact) mass is 164 g/mol. The van der Waals surface area contributed by atoms with Crippen LogP contribution >= 0.6 is 0 Å². The van der Waals surface area contributed by atoms with Gasteiger partial charge < -0.3 is 9.72 Å². The van der Waals surface area contributed by atoms with Crippen LogP contribution < -0.4 is 5.72 Å². The van der Waals surface area contributed by atoms with Crippen LogP contribution in [0.15, 0.2) is 0 Å². The molecule has 0 aliphatic carbocycles. The Bertz CT molecular complexity index is 296. The fraction of sp³-hybridized carbons (Fsp3) is 0.429. The van der Waals surface area contributed by atoms with E-state index >= 15 is 0 Å². The van der Waals surface area contributed by atoms with Crippen molar-refractivity contribution in [3.05, 3.63) is 11.4 Å². The molecule has 62 valence electrons. The summed E-state index contributed by atoms with van der Waals surface area (Å²) in [5.74, 6) is -0.442. The predicted molar refractivity (Wildman–Crippen MR) is 44.7 cm³/mol. The number of esters is 1. The number of imidazole rings is 1. The van der Waals surface area contributed by atoms with Gasteiger partial charge >= 0.3 is 5.97 Å². The van der Waals surface area contributed by atoms with Gasteiger partial charge in [-0.05, 0) is 13.8 Å². The number of nitrogens with one attached hydrogen (secondary N) is 1. The lowest BCUT2D eigenvalue weighted by Crippen LogP contribution is -2.10. The van der Waals surface area contributed by atoms with Crippen LogP contribution in [-0.2, 0) is 4.74 Å². The number of aryl methyl sites for hydroxylation is 1. The molecule has 12 heavy (non-hydrogen) atoms. The van der Waals surface area contributed by atoms with E-state index in [9.17, 15) is 4.79 Å². The van der Waals surface area contributed by atoms with Crippen molar-refractivity contribution in [3.8, 4) is 0 Å². The molecule has 1 N–H and O–H groups in total. The maximum absolute atomic E-state index is 11.1. The highest BCUT2D eigenvalue weighted by molar-refractivity contribution is 6.29. The molecular weight excluding hydrogens is 155 g/mol. The molecule has 0 fully saturated rings. The molecule has 1 aromatic heterocycles. The van der Waals surface area contributed by atoms with Crippen LogP contribution in [0.4, 0.5) is 0 Å². The summed E-state index contributed by atoms with van der Waals surface area (Å²) in [6.45, 7) is 3.80. The summed E-state index contributed by atoms with van der Waals surface area (Å²) in [5, 5.41) is 0. The molecule has 0 atom stereocenters. The second-order valence-corrected chi connectivity index (χ2v) is 2.32. The van der Waals surface area contributed by atoms with Gasteiger partial charge in [-0.1, -0.05) is 0 Å². The molecule has 0 aromatic carbocycles. The number of ether oxygens (including phenoxy) is 1. The van der Waals surface area contributed by atoms with Gasteiger partial charge in [0.2, 0.25) is 0 Å². The fourth-order valence-electron chi connectivity index (χ4n) is 0.882. The molecule has 5 heteroatoms. The molecule has 0 aliphatic heterocycles. The van der Waals surface area contributed by atoms with E-state index in [-0.39, 0.29) is 11.4 Å². The van der Waals surface area contributed by atoms with Crippen LogP contribution in [0, 0.1) is 6.92 Å². The molecule has 0 bridgehead atoms. The topological polar surface area (TPSA) is 55.0 Å². The Morgan fingerprint density at radius 2 is 2.42 bits per heavy atom. The molecule has 0 aliphatic rings. The second-order valence-electron chi connectivity index (χ2n) is 2.32. The van der Waals surface area contributed by atoms with Crippen molar-refractivity contribution in [1.29, 1.82) is 0 Å². The Labute approximate surface area is 71.7 Å². The lowest BCUT2D eigenvalue weighted by Gasteiger charge is -1.97. The highest BCUT2D eigenvalue weighted by Gasteiger charge is 2.13. The summed E-state index contributed by atoms with van der Waals surface area (Å²) in [6, 6.07) is 0. The lowest BCUT2D eigenvalue weighted by atomic mass is 10.1. The van der Waals surface area contributed by atoms with E-state index < -0.39 is 5.97 Å².